The van der Waals surface area contributed by atoms with Crippen LogP contribution in [0.25, 0.3) is 0 Å². The molecule has 0 aliphatic heterocycles. The van der Waals surface area contributed by atoms with Crippen LogP contribution in [0.15, 0.2) is 22.7 Å². The molecule has 3 nitrogen and oxygen atoms in total. The van der Waals surface area contributed by atoms with Crippen molar-refractivity contribution in [2.75, 3.05) is 32.5 Å². The Morgan fingerprint density at radius 1 is 1.44 bits per heavy atom. The second-order valence-electron chi connectivity index (χ2n) is 3.89. The third kappa shape index (κ3) is 4.21. The summed E-state index contributed by atoms with van der Waals surface area (Å²) in [5.41, 5.74) is 1.71. The second-order valence-corrected chi connectivity index (χ2v) is 4.74. The van der Waals surface area contributed by atoms with E-state index in [1.807, 2.05) is 18.2 Å². The minimum absolute atomic E-state index is 0.672. The van der Waals surface area contributed by atoms with Crippen molar-refractivity contribution in [1.29, 1.82) is 5.26 Å². The van der Waals surface area contributed by atoms with Crippen molar-refractivity contribution in [2.45, 2.75) is 6.42 Å². The number of halogens is 1. The highest BCUT2D eigenvalue weighted by molar-refractivity contribution is 9.10. The molecule has 0 heterocycles. The molecule has 0 aliphatic rings. The van der Waals surface area contributed by atoms with Crippen molar-refractivity contribution in [3.05, 3.63) is 28.2 Å². The van der Waals surface area contributed by atoms with Gasteiger partial charge in [-0.3, -0.25) is 0 Å². The molecule has 0 atom stereocenters. The zero-order valence-electron chi connectivity index (χ0n) is 9.63. The summed E-state index contributed by atoms with van der Waals surface area (Å²) in [6.45, 7) is 2.00. The lowest BCUT2D eigenvalue weighted by Crippen LogP contribution is -2.16. The van der Waals surface area contributed by atoms with E-state index in [1.54, 1.807) is 0 Å². The molecule has 0 saturated carbocycles. The third-order valence-corrected chi connectivity index (χ3v) is 2.85. The van der Waals surface area contributed by atoms with Gasteiger partial charge >= 0.3 is 0 Å². The topological polar surface area (TPSA) is 39.1 Å². The molecule has 1 rings (SSSR count). The highest BCUT2D eigenvalue weighted by Crippen LogP contribution is 2.23. The van der Waals surface area contributed by atoms with Crippen LogP contribution in [-0.2, 0) is 0 Å². The molecule has 1 aromatic rings. The van der Waals surface area contributed by atoms with Gasteiger partial charge in [0.2, 0.25) is 0 Å². The number of anilines is 1. The Balaban J connectivity index is 2.46. The van der Waals surface area contributed by atoms with Gasteiger partial charge in [0.1, 0.15) is 0 Å². The lowest BCUT2D eigenvalue weighted by molar-refractivity contribution is 0.405. The molecule has 16 heavy (non-hydrogen) atoms. The first kappa shape index (κ1) is 13.0. The van der Waals surface area contributed by atoms with E-state index in [0.29, 0.717) is 5.56 Å². The van der Waals surface area contributed by atoms with Gasteiger partial charge in [-0.25, -0.2) is 0 Å². The Bertz CT molecular complexity index is 382. The zero-order chi connectivity index (χ0) is 12.0. The first-order valence-electron chi connectivity index (χ1n) is 5.21. The molecule has 0 spiro atoms. The second kappa shape index (κ2) is 6.51. The van der Waals surface area contributed by atoms with Gasteiger partial charge in [0.25, 0.3) is 0 Å². The van der Waals surface area contributed by atoms with Crippen LogP contribution in [0.5, 0.6) is 0 Å². The minimum atomic E-state index is 0.672. The summed E-state index contributed by atoms with van der Waals surface area (Å²) in [5, 5.41) is 12.1. The van der Waals surface area contributed by atoms with Gasteiger partial charge in [-0.15, -0.1) is 0 Å². The average Bonchev–Trinajstić information content (AvgIpc) is 2.25. The maximum Gasteiger partial charge on any atom is 0.0992 e. The summed E-state index contributed by atoms with van der Waals surface area (Å²) in [4.78, 5) is 2.16. The summed E-state index contributed by atoms with van der Waals surface area (Å²) in [7, 11) is 4.13. The van der Waals surface area contributed by atoms with Crippen molar-refractivity contribution in [2.24, 2.45) is 0 Å². The number of benzene rings is 1. The maximum absolute atomic E-state index is 8.73. The number of nitriles is 1. The summed E-state index contributed by atoms with van der Waals surface area (Å²) in [6.07, 6.45) is 1.10. The van der Waals surface area contributed by atoms with Crippen molar-refractivity contribution in [1.82, 2.24) is 4.90 Å². The van der Waals surface area contributed by atoms with E-state index < -0.39 is 0 Å². The SMILES string of the molecule is CN(C)CCCNc1ccc(C#N)cc1Br. The average molecular weight is 282 g/mol. The Morgan fingerprint density at radius 2 is 2.19 bits per heavy atom. The molecule has 0 amide bonds. The minimum Gasteiger partial charge on any atom is -0.384 e. The molecular formula is C12H16BrN3. The van der Waals surface area contributed by atoms with E-state index in [0.717, 1.165) is 29.7 Å². The van der Waals surface area contributed by atoms with Crippen LogP contribution in [0.1, 0.15) is 12.0 Å². The normalized spacial score (nSPS) is 10.2. The van der Waals surface area contributed by atoms with E-state index in [9.17, 15) is 0 Å². The number of nitrogens with one attached hydrogen (secondary N) is 1. The largest absolute Gasteiger partial charge is 0.384 e. The fourth-order valence-electron chi connectivity index (χ4n) is 1.35. The molecule has 0 radical (unpaired) electrons. The molecule has 0 aromatic heterocycles. The van der Waals surface area contributed by atoms with Gasteiger partial charge in [-0.05, 0) is 61.2 Å². The molecule has 0 saturated heterocycles. The summed E-state index contributed by atoms with van der Waals surface area (Å²) in [5.74, 6) is 0. The predicted molar refractivity (Wildman–Crippen MR) is 70.5 cm³/mol. The quantitative estimate of drug-likeness (QED) is 0.844. The van der Waals surface area contributed by atoms with E-state index in [2.05, 4.69) is 46.3 Å². The lowest BCUT2D eigenvalue weighted by Gasteiger charge is -2.11. The standard InChI is InChI=1S/C12H16BrN3/c1-16(2)7-3-6-15-12-5-4-10(9-14)8-11(12)13/h4-5,8,15H,3,6-7H2,1-2H3. The highest BCUT2D eigenvalue weighted by Gasteiger charge is 2.00. The molecule has 0 unspecified atom stereocenters. The first-order chi connectivity index (χ1) is 7.63. The molecule has 0 aliphatic carbocycles. The monoisotopic (exact) mass is 281 g/mol. The van der Waals surface area contributed by atoms with Crippen molar-refractivity contribution < 1.29 is 0 Å². The van der Waals surface area contributed by atoms with Crippen LogP contribution in [0.3, 0.4) is 0 Å². The predicted octanol–water partition coefficient (Wildman–Crippen LogP) is 2.68. The van der Waals surface area contributed by atoms with E-state index >= 15 is 0 Å². The summed E-state index contributed by atoms with van der Waals surface area (Å²) in [6, 6.07) is 7.69. The van der Waals surface area contributed by atoms with Gasteiger partial charge < -0.3 is 10.2 Å². The number of hydrogen-bond acceptors (Lipinski definition) is 3. The van der Waals surface area contributed by atoms with Crippen LogP contribution in [-0.4, -0.2) is 32.1 Å². The number of rotatable bonds is 5. The Morgan fingerprint density at radius 3 is 2.75 bits per heavy atom. The fraction of sp³-hybridized carbons (Fsp3) is 0.417. The zero-order valence-corrected chi connectivity index (χ0v) is 11.2. The molecule has 1 aromatic carbocycles. The van der Waals surface area contributed by atoms with Gasteiger partial charge in [0.05, 0.1) is 11.6 Å². The Hall–Kier alpha value is -1.05. The van der Waals surface area contributed by atoms with E-state index in [4.69, 9.17) is 5.26 Å². The van der Waals surface area contributed by atoms with Crippen molar-refractivity contribution in [3.63, 3.8) is 0 Å². The van der Waals surface area contributed by atoms with Gasteiger partial charge in [-0.1, -0.05) is 0 Å². The van der Waals surface area contributed by atoms with Gasteiger partial charge in [-0.2, -0.15) is 5.26 Å². The number of hydrogen-bond donors (Lipinski definition) is 1. The van der Waals surface area contributed by atoms with E-state index in [1.165, 1.54) is 0 Å². The summed E-state index contributed by atoms with van der Waals surface area (Å²) >= 11 is 3.44. The molecule has 0 fully saturated rings. The smallest absolute Gasteiger partial charge is 0.0992 e. The van der Waals surface area contributed by atoms with E-state index in [-0.39, 0.29) is 0 Å². The van der Waals surface area contributed by atoms with Crippen LogP contribution >= 0.6 is 15.9 Å². The molecular weight excluding hydrogens is 266 g/mol. The number of nitrogens with zero attached hydrogens (tertiary/aromatic N) is 2. The van der Waals surface area contributed by atoms with Gasteiger partial charge in [0.15, 0.2) is 0 Å². The molecule has 0 bridgehead atoms. The first-order valence-corrected chi connectivity index (χ1v) is 6.01. The maximum atomic E-state index is 8.73. The van der Waals surface area contributed by atoms with Crippen molar-refractivity contribution >= 4 is 21.6 Å². The van der Waals surface area contributed by atoms with Crippen molar-refractivity contribution in [3.8, 4) is 6.07 Å². The fourth-order valence-corrected chi connectivity index (χ4v) is 1.87. The summed E-state index contributed by atoms with van der Waals surface area (Å²) < 4.78 is 0.941. The molecule has 1 N–H and O–H groups in total. The van der Waals surface area contributed by atoms with Crippen LogP contribution in [0, 0.1) is 11.3 Å². The third-order valence-electron chi connectivity index (χ3n) is 2.20. The molecule has 86 valence electrons. The van der Waals surface area contributed by atoms with Gasteiger partial charge in [0, 0.05) is 16.7 Å². The van der Waals surface area contributed by atoms with Crippen LogP contribution in [0.4, 0.5) is 5.69 Å². The highest BCUT2D eigenvalue weighted by atomic mass is 79.9. The molecule has 4 heteroatoms. The Kier molecular flexibility index (Phi) is 5.30. The lowest BCUT2D eigenvalue weighted by atomic mass is 10.2. The Labute approximate surface area is 105 Å². The van der Waals surface area contributed by atoms with Crippen LogP contribution in [0.2, 0.25) is 0 Å². The van der Waals surface area contributed by atoms with Crippen LogP contribution < -0.4 is 5.32 Å².